The van der Waals surface area contributed by atoms with Gasteiger partial charge in [-0.25, -0.2) is 0 Å². The van der Waals surface area contributed by atoms with Crippen molar-refractivity contribution in [2.75, 3.05) is 17.2 Å². The molecule has 0 aliphatic rings. The second-order valence-electron chi connectivity index (χ2n) is 4.07. The molecule has 2 N–H and O–H groups in total. The van der Waals surface area contributed by atoms with E-state index in [2.05, 4.69) is 10.6 Å². The molecule has 0 aliphatic carbocycles. The number of amides is 1. The molecule has 0 spiro atoms. The Morgan fingerprint density at radius 2 is 1.95 bits per heavy atom. The highest BCUT2D eigenvalue weighted by atomic mass is 35.5. The molecule has 0 unspecified atom stereocenters. The van der Waals surface area contributed by atoms with E-state index >= 15 is 0 Å². The van der Waals surface area contributed by atoms with Crippen LogP contribution >= 0.6 is 11.6 Å². The van der Waals surface area contributed by atoms with Crippen molar-refractivity contribution in [2.24, 2.45) is 0 Å². The van der Waals surface area contributed by atoms with Crippen LogP contribution < -0.4 is 10.6 Å². The minimum atomic E-state index is -0.194. The average molecular weight is 286 g/mol. The van der Waals surface area contributed by atoms with Crippen LogP contribution in [0.2, 0.25) is 5.02 Å². The summed E-state index contributed by atoms with van der Waals surface area (Å²) >= 11 is 5.87. The van der Waals surface area contributed by atoms with Gasteiger partial charge in [0.15, 0.2) is 0 Å². The topological polar surface area (TPSA) is 64.9 Å². The molecule has 4 nitrogen and oxygen atoms in total. The van der Waals surface area contributed by atoms with Crippen LogP contribution in [-0.4, -0.2) is 12.5 Å². The Hall–Kier alpha value is -2.51. The maximum atomic E-state index is 11.8. The third-order valence-electron chi connectivity index (χ3n) is 2.60. The van der Waals surface area contributed by atoms with E-state index in [-0.39, 0.29) is 12.5 Å². The summed E-state index contributed by atoms with van der Waals surface area (Å²) in [4.78, 5) is 11.8. The third-order valence-corrected chi connectivity index (χ3v) is 2.83. The lowest BCUT2D eigenvalue weighted by Crippen LogP contribution is -2.22. The van der Waals surface area contributed by atoms with Gasteiger partial charge < -0.3 is 10.6 Å². The van der Waals surface area contributed by atoms with Crippen LogP contribution in [0.3, 0.4) is 0 Å². The summed E-state index contributed by atoms with van der Waals surface area (Å²) in [5, 5.41) is 15.1. The molecule has 5 heteroatoms. The molecule has 0 fully saturated rings. The van der Waals surface area contributed by atoms with E-state index < -0.39 is 0 Å². The molecular formula is C15H12ClN3O. The highest BCUT2D eigenvalue weighted by Gasteiger charge is 2.06. The normalized spacial score (nSPS) is 9.60. The molecule has 0 saturated carbocycles. The first-order valence-electron chi connectivity index (χ1n) is 5.97. The van der Waals surface area contributed by atoms with E-state index in [1.54, 1.807) is 30.3 Å². The van der Waals surface area contributed by atoms with E-state index in [1.807, 2.05) is 24.3 Å². The summed E-state index contributed by atoms with van der Waals surface area (Å²) < 4.78 is 0. The van der Waals surface area contributed by atoms with Crippen molar-refractivity contribution in [3.63, 3.8) is 0 Å². The summed E-state index contributed by atoms with van der Waals surface area (Å²) in [6.45, 7) is 0.0594. The quantitative estimate of drug-likeness (QED) is 0.906. The van der Waals surface area contributed by atoms with Gasteiger partial charge in [-0.05, 0) is 30.3 Å². The number of nitriles is 1. The minimum Gasteiger partial charge on any atom is -0.375 e. The first kappa shape index (κ1) is 13.9. The van der Waals surface area contributed by atoms with Crippen molar-refractivity contribution in [3.8, 4) is 6.07 Å². The fourth-order valence-corrected chi connectivity index (χ4v) is 1.83. The zero-order chi connectivity index (χ0) is 14.4. The Morgan fingerprint density at radius 1 is 1.20 bits per heavy atom. The molecule has 100 valence electrons. The van der Waals surface area contributed by atoms with Crippen LogP contribution in [0.15, 0.2) is 48.5 Å². The summed E-state index contributed by atoms with van der Waals surface area (Å²) in [6.07, 6.45) is 0. The average Bonchev–Trinajstić information content (AvgIpc) is 2.46. The van der Waals surface area contributed by atoms with Crippen LogP contribution in [0.5, 0.6) is 0 Å². The molecule has 0 heterocycles. The standard InChI is InChI=1S/C15H12ClN3O/c16-12-7-6-11(9-17)14(8-12)18-10-15(20)19-13-4-2-1-3-5-13/h1-8,18H,10H2,(H,19,20). The van der Waals surface area contributed by atoms with Gasteiger partial charge in [0.05, 0.1) is 17.8 Å². The molecule has 0 aromatic heterocycles. The van der Waals surface area contributed by atoms with Gasteiger partial charge in [-0.15, -0.1) is 0 Å². The molecule has 0 bridgehead atoms. The first-order valence-corrected chi connectivity index (χ1v) is 6.35. The number of anilines is 2. The van der Waals surface area contributed by atoms with Gasteiger partial charge in [-0.1, -0.05) is 29.8 Å². The zero-order valence-corrected chi connectivity index (χ0v) is 11.3. The van der Waals surface area contributed by atoms with Gasteiger partial charge in [0, 0.05) is 10.7 Å². The molecule has 0 radical (unpaired) electrons. The molecule has 0 atom stereocenters. The van der Waals surface area contributed by atoms with Crippen LogP contribution in [-0.2, 0) is 4.79 Å². The van der Waals surface area contributed by atoms with E-state index in [9.17, 15) is 4.79 Å². The van der Waals surface area contributed by atoms with Gasteiger partial charge in [0.2, 0.25) is 5.91 Å². The lowest BCUT2D eigenvalue weighted by molar-refractivity contribution is -0.114. The second-order valence-corrected chi connectivity index (χ2v) is 4.51. The van der Waals surface area contributed by atoms with Crippen molar-refractivity contribution in [2.45, 2.75) is 0 Å². The molecule has 1 amide bonds. The first-order chi connectivity index (χ1) is 9.69. The maximum Gasteiger partial charge on any atom is 0.243 e. The number of hydrogen-bond donors (Lipinski definition) is 2. The zero-order valence-electron chi connectivity index (χ0n) is 10.6. The van der Waals surface area contributed by atoms with Crippen LogP contribution in [0.25, 0.3) is 0 Å². The second kappa shape index (κ2) is 6.60. The summed E-state index contributed by atoms with van der Waals surface area (Å²) in [6, 6.07) is 16.1. The van der Waals surface area contributed by atoms with Gasteiger partial charge in [-0.2, -0.15) is 5.26 Å². The van der Waals surface area contributed by atoms with Crippen molar-refractivity contribution >= 4 is 28.9 Å². The van der Waals surface area contributed by atoms with Crippen molar-refractivity contribution in [1.82, 2.24) is 0 Å². The van der Waals surface area contributed by atoms with E-state index in [0.29, 0.717) is 16.3 Å². The summed E-state index contributed by atoms with van der Waals surface area (Å²) in [5.74, 6) is -0.194. The highest BCUT2D eigenvalue weighted by Crippen LogP contribution is 2.20. The third kappa shape index (κ3) is 3.74. The Labute approximate surface area is 122 Å². The molecule has 2 aromatic rings. The van der Waals surface area contributed by atoms with Crippen molar-refractivity contribution < 1.29 is 4.79 Å². The number of para-hydroxylation sites is 1. The Morgan fingerprint density at radius 3 is 2.65 bits per heavy atom. The lowest BCUT2D eigenvalue weighted by atomic mass is 10.2. The van der Waals surface area contributed by atoms with Gasteiger partial charge in [0.25, 0.3) is 0 Å². The molecule has 2 aromatic carbocycles. The number of benzene rings is 2. The predicted octanol–water partition coefficient (Wildman–Crippen LogP) is 3.26. The van der Waals surface area contributed by atoms with E-state index in [1.165, 1.54) is 0 Å². The fraction of sp³-hybridized carbons (Fsp3) is 0.0667. The largest absolute Gasteiger partial charge is 0.375 e. The maximum absolute atomic E-state index is 11.8. The molecule has 20 heavy (non-hydrogen) atoms. The SMILES string of the molecule is N#Cc1ccc(Cl)cc1NCC(=O)Nc1ccccc1. The number of rotatable bonds is 4. The summed E-state index contributed by atoms with van der Waals surface area (Å²) in [5.41, 5.74) is 1.72. The molecular weight excluding hydrogens is 274 g/mol. The number of carbonyl (C=O) groups is 1. The number of nitrogens with zero attached hydrogens (tertiary/aromatic N) is 1. The van der Waals surface area contributed by atoms with Crippen LogP contribution in [0.4, 0.5) is 11.4 Å². The number of halogens is 1. The van der Waals surface area contributed by atoms with Crippen LogP contribution in [0, 0.1) is 11.3 Å². The van der Waals surface area contributed by atoms with Crippen LogP contribution in [0.1, 0.15) is 5.56 Å². The van der Waals surface area contributed by atoms with E-state index in [0.717, 1.165) is 5.69 Å². The Kier molecular flexibility index (Phi) is 4.59. The van der Waals surface area contributed by atoms with Gasteiger partial charge >= 0.3 is 0 Å². The molecule has 2 rings (SSSR count). The molecule has 0 saturated heterocycles. The van der Waals surface area contributed by atoms with Crippen molar-refractivity contribution in [1.29, 1.82) is 5.26 Å². The summed E-state index contributed by atoms with van der Waals surface area (Å²) in [7, 11) is 0. The Bertz CT molecular complexity index is 650. The minimum absolute atomic E-state index is 0.0594. The smallest absolute Gasteiger partial charge is 0.243 e. The Balaban J connectivity index is 1.97. The van der Waals surface area contributed by atoms with E-state index in [4.69, 9.17) is 16.9 Å². The van der Waals surface area contributed by atoms with Gasteiger partial charge in [0.1, 0.15) is 6.07 Å². The fourth-order valence-electron chi connectivity index (χ4n) is 1.66. The monoisotopic (exact) mass is 285 g/mol. The lowest BCUT2D eigenvalue weighted by Gasteiger charge is -2.09. The number of nitrogens with one attached hydrogen (secondary N) is 2. The number of hydrogen-bond acceptors (Lipinski definition) is 3. The van der Waals surface area contributed by atoms with Crippen molar-refractivity contribution in [3.05, 3.63) is 59.1 Å². The highest BCUT2D eigenvalue weighted by molar-refractivity contribution is 6.30. The van der Waals surface area contributed by atoms with Gasteiger partial charge in [-0.3, -0.25) is 4.79 Å². The predicted molar refractivity (Wildman–Crippen MR) is 79.7 cm³/mol. The number of carbonyl (C=O) groups excluding carboxylic acids is 1. The molecule has 0 aliphatic heterocycles.